The molecule has 0 aromatic heterocycles. The molecule has 0 saturated carbocycles. The number of ether oxygens (including phenoxy) is 9. The highest BCUT2D eigenvalue weighted by Gasteiger charge is 2.57. The van der Waals surface area contributed by atoms with Crippen molar-refractivity contribution in [1.29, 1.82) is 0 Å². The highest BCUT2D eigenvalue weighted by Crippen LogP contribution is 2.42. The zero-order valence-corrected chi connectivity index (χ0v) is 25.8. The fourth-order valence-corrected chi connectivity index (χ4v) is 6.02. The Kier molecular flexibility index (Phi) is 13.8. The second-order valence-corrected chi connectivity index (χ2v) is 10.9. The molecule has 2 aliphatic heterocycles. The van der Waals surface area contributed by atoms with Gasteiger partial charge in [0.05, 0.1) is 5.25 Å². The van der Waals surface area contributed by atoms with Crippen molar-refractivity contribution < 1.29 is 80.6 Å². The van der Waals surface area contributed by atoms with Crippen molar-refractivity contribution in [1.82, 2.24) is 0 Å². The molecule has 2 saturated heterocycles. The summed E-state index contributed by atoms with van der Waals surface area (Å²) >= 11 is 0.701. The number of halogens is 1. The molecular formula is C26H35FO16S. The van der Waals surface area contributed by atoms with Gasteiger partial charge in [-0.3, -0.25) is 33.6 Å². The topological polar surface area (TPSA) is 203 Å². The van der Waals surface area contributed by atoms with E-state index in [1.54, 1.807) is 0 Å². The molecule has 0 aromatic carbocycles. The van der Waals surface area contributed by atoms with Crippen LogP contribution in [-0.2, 0) is 76.2 Å². The molecule has 2 aliphatic rings. The van der Waals surface area contributed by atoms with E-state index in [1.807, 2.05) is 0 Å². The highest BCUT2D eigenvalue weighted by atomic mass is 32.2. The average Bonchev–Trinajstić information content (AvgIpc) is 2.87. The molecule has 2 heterocycles. The number of rotatable bonds is 11. The van der Waals surface area contributed by atoms with Crippen molar-refractivity contribution in [2.45, 2.75) is 108 Å². The largest absolute Gasteiger partial charge is 0.463 e. The molecule has 2 fully saturated rings. The molecule has 0 radical (unpaired) electrons. The quantitative estimate of drug-likeness (QED) is 0.217. The van der Waals surface area contributed by atoms with E-state index in [1.165, 1.54) is 0 Å². The summed E-state index contributed by atoms with van der Waals surface area (Å²) in [6.07, 6.45) is -12.9. The Balaban J connectivity index is 2.66. The molecule has 0 amide bonds. The molecule has 2 rings (SSSR count). The molecule has 0 unspecified atom stereocenters. The van der Waals surface area contributed by atoms with Gasteiger partial charge in [0, 0.05) is 48.5 Å². The summed E-state index contributed by atoms with van der Waals surface area (Å²) in [4.78, 5) is 83.5. The molecule has 44 heavy (non-hydrogen) atoms. The van der Waals surface area contributed by atoms with Crippen molar-refractivity contribution in [3.8, 4) is 0 Å². The fourth-order valence-electron chi connectivity index (χ4n) is 4.46. The van der Waals surface area contributed by atoms with E-state index in [4.69, 9.17) is 42.6 Å². The number of carbonyl (C=O) groups excluding carboxylic acids is 7. The van der Waals surface area contributed by atoms with E-state index in [2.05, 4.69) is 0 Å². The van der Waals surface area contributed by atoms with Crippen LogP contribution in [-0.4, -0.2) is 115 Å². The SMILES string of the molecule is CC(=O)OC[C@H]1O[C@@H](S[C@H]2[C@H](OC(C)=O)[C@@H](OC(C)=O)[C@H](F)O[C@@H]2COC(C)=O)[C@H](OC(C)=O)[C@@H](OC(C)=O)[C@@H]1OC(C)=O. The molecule has 0 aromatic rings. The van der Waals surface area contributed by atoms with E-state index in [0.29, 0.717) is 11.8 Å². The van der Waals surface area contributed by atoms with Gasteiger partial charge in [0.15, 0.2) is 30.5 Å². The first-order valence-electron chi connectivity index (χ1n) is 13.2. The summed E-state index contributed by atoms with van der Waals surface area (Å²) in [5.41, 5.74) is -1.42. The molecule has 0 aliphatic carbocycles. The van der Waals surface area contributed by atoms with Crippen LogP contribution in [0.3, 0.4) is 0 Å². The summed E-state index contributed by atoms with van der Waals surface area (Å²) in [7, 11) is 0. The van der Waals surface area contributed by atoms with Gasteiger partial charge >= 0.3 is 41.8 Å². The second-order valence-electron chi connectivity index (χ2n) is 9.64. The van der Waals surface area contributed by atoms with Gasteiger partial charge in [0.2, 0.25) is 6.36 Å². The van der Waals surface area contributed by atoms with Crippen LogP contribution in [0.1, 0.15) is 48.5 Å². The number of thioether (sulfide) groups is 1. The maximum Gasteiger partial charge on any atom is 0.303 e. The van der Waals surface area contributed by atoms with Gasteiger partial charge < -0.3 is 42.6 Å². The van der Waals surface area contributed by atoms with Crippen molar-refractivity contribution in [2.75, 3.05) is 13.2 Å². The maximum atomic E-state index is 15.2. The lowest BCUT2D eigenvalue weighted by Crippen LogP contribution is -2.64. The van der Waals surface area contributed by atoms with Gasteiger partial charge in [-0.25, -0.2) is 4.39 Å². The molecule has 16 nitrogen and oxygen atoms in total. The van der Waals surface area contributed by atoms with Crippen molar-refractivity contribution in [3.05, 3.63) is 0 Å². The van der Waals surface area contributed by atoms with Crippen LogP contribution in [0.4, 0.5) is 4.39 Å². The average molecular weight is 655 g/mol. The molecule has 248 valence electrons. The standard InChI is InChI=1S/C26H35FO16S/c1-10(28)35-8-17-19(37-12(3)30)20(38-13(4)31)23(41-16(7)34)26(43-17)44-24-18(9-36-11(2)29)42-25(27)22(40-15(6)33)21(24)39-14(5)32/h17-26H,8-9H2,1-7H3/t17-,18-,19-,20+,21-,22-,23-,24-,25-,26+/m1/s1. The van der Waals surface area contributed by atoms with Crippen LogP contribution in [0.5, 0.6) is 0 Å². The maximum absolute atomic E-state index is 15.2. The van der Waals surface area contributed by atoms with Crippen molar-refractivity contribution in [3.63, 3.8) is 0 Å². The van der Waals surface area contributed by atoms with Crippen LogP contribution in [0.25, 0.3) is 0 Å². The van der Waals surface area contributed by atoms with Gasteiger partial charge in [-0.15, -0.1) is 11.8 Å². The first-order chi connectivity index (χ1) is 20.5. The van der Waals surface area contributed by atoms with Crippen LogP contribution >= 0.6 is 11.8 Å². The number of hydrogen-bond donors (Lipinski definition) is 0. The summed E-state index contributed by atoms with van der Waals surface area (Å²) in [6, 6.07) is 0. The number of hydrogen-bond acceptors (Lipinski definition) is 17. The number of esters is 7. The van der Waals surface area contributed by atoms with E-state index in [0.717, 1.165) is 48.5 Å². The predicted octanol–water partition coefficient (Wildman–Crippen LogP) is 0.292. The lowest BCUT2D eigenvalue weighted by Gasteiger charge is -2.47. The number of alkyl halides is 1. The van der Waals surface area contributed by atoms with Crippen LogP contribution in [0, 0.1) is 0 Å². The van der Waals surface area contributed by atoms with Gasteiger partial charge in [0.1, 0.15) is 30.9 Å². The third kappa shape index (κ3) is 10.9. The third-order valence-corrected chi connectivity index (χ3v) is 7.41. The normalized spacial score (nSPS) is 31.5. The third-order valence-electron chi connectivity index (χ3n) is 5.87. The minimum atomic E-state index is -2.34. The first-order valence-corrected chi connectivity index (χ1v) is 14.2. The summed E-state index contributed by atoms with van der Waals surface area (Å²) in [5.74, 6) is -5.93. The van der Waals surface area contributed by atoms with Gasteiger partial charge in [-0.1, -0.05) is 0 Å². The van der Waals surface area contributed by atoms with Crippen LogP contribution in [0.15, 0.2) is 0 Å². The smallest absolute Gasteiger partial charge is 0.303 e. The molecule has 10 atom stereocenters. The molecular weight excluding hydrogens is 619 g/mol. The van der Waals surface area contributed by atoms with E-state index < -0.39 is 115 Å². The number of carbonyl (C=O) groups is 7. The van der Waals surface area contributed by atoms with Gasteiger partial charge in [0.25, 0.3) is 0 Å². The lowest BCUT2D eigenvalue weighted by atomic mass is 9.99. The van der Waals surface area contributed by atoms with Crippen LogP contribution in [0.2, 0.25) is 0 Å². The first kappa shape index (κ1) is 36.7. The van der Waals surface area contributed by atoms with Gasteiger partial charge in [-0.05, 0) is 0 Å². The lowest BCUT2D eigenvalue weighted by molar-refractivity contribution is -0.242. The fraction of sp³-hybridized carbons (Fsp3) is 0.731. The highest BCUT2D eigenvalue weighted by molar-refractivity contribution is 8.00. The Morgan fingerprint density at radius 3 is 1.41 bits per heavy atom. The Morgan fingerprint density at radius 2 is 0.932 bits per heavy atom. The van der Waals surface area contributed by atoms with E-state index in [-0.39, 0.29) is 0 Å². The Morgan fingerprint density at radius 1 is 0.523 bits per heavy atom. The molecule has 0 spiro atoms. The summed E-state index contributed by atoms with van der Waals surface area (Å²) in [6.45, 7) is 6.24. The Labute approximate surface area is 255 Å². The minimum absolute atomic E-state index is 0.525. The molecule has 18 heteroatoms. The van der Waals surface area contributed by atoms with Gasteiger partial charge in [-0.2, -0.15) is 0 Å². The zero-order valence-electron chi connectivity index (χ0n) is 25.0. The summed E-state index contributed by atoms with van der Waals surface area (Å²) in [5, 5.41) is -1.27. The molecule has 0 bridgehead atoms. The minimum Gasteiger partial charge on any atom is -0.463 e. The molecule has 0 N–H and O–H groups in total. The zero-order chi connectivity index (χ0) is 33.3. The Bertz CT molecular complexity index is 1100. The van der Waals surface area contributed by atoms with Crippen molar-refractivity contribution >= 4 is 53.5 Å². The van der Waals surface area contributed by atoms with E-state index in [9.17, 15) is 33.6 Å². The monoisotopic (exact) mass is 654 g/mol. The predicted molar refractivity (Wildman–Crippen MR) is 141 cm³/mol. The van der Waals surface area contributed by atoms with Crippen molar-refractivity contribution in [2.24, 2.45) is 0 Å². The van der Waals surface area contributed by atoms with Crippen LogP contribution < -0.4 is 0 Å². The Hall–Kier alpha value is -3.51. The second kappa shape index (κ2) is 16.5. The van der Waals surface area contributed by atoms with E-state index >= 15 is 4.39 Å². The summed E-state index contributed by atoms with van der Waals surface area (Å²) < 4.78 is 63.4.